The molecule has 110 valence electrons. The fraction of sp³-hybridized carbons (Fsp3) is 0.462. The van der Waals surface area contributed by atoms with Crippen LogP contribution in [0, 0.1) is 0 Å². The number of ether oxygens (including phenoxy) is 1. The molecule has 0 radical (unpaired) electrons. The second-order valence-corrected chi connectivity index (χ2v) is 6.40. The highest BCUT2D eigenvalue weighted by Crippen LogP contribution is 2.14. The van der Waals surface area contributed by atoms with Crippen LogP contribution in [0.25, 0.3) is 0 Å². The number of methoxy groups -OCH3 is 1. The summed E-state index contributed by atoms with van der Waals surface area (Å²) >= 11 is 0. The third kappa shape index (κ3) is 3.56. The van der Waals surface area contributed by atoms with Crippen LogP contribution in [-0.4, -0.2) is 40.6 Å². The zero-order chi connectivity index (χ0) is 14.6. The summed E-state index contributed by atoms with van der Waals surface area (Å²) in [5.41, 5.74) is 0.220. The maximum Gasteiger partial charge on any atom is 0.337 e. The Morgan fingerprint density at radius 2 is 2.25 bits per heavy atom. The average Bonchev–Trinajstić information content (AvgIpc) is 2.47. The van der Waals surface area contributed by atoms with Gasteiger partial charge in [-0.3, -0.25) is 0 Å². The van der Waals surface area contributed by atoms with Crippen LogP contribution in [0.4, 0.5) is 0 Å². The number of hydrogen-bond acceptors (Lipinski definition) is 5. The lowest BCUT2D eigenvalue weighted by atomic mass is 10.1. The molecule has 1 atom stereocenters. The maximum atomic E-state index is 12.3. The second-order valence-electron chi connectivity index (χ2n) is 4.68. The molecule has 0 amide bonds. The van der Waals surface area contributed by atoms with Gasteiger partial charge in [-0.1, -0.05) is 6.07 Å². The molecule has 0 bridgehead atoms. The predicted molar refractivity (Wildman–Crippen MR) is 74.0 cm³/mol. The highest BCUT2D eigenvalue weighted by molar-refractivity contribution is 7.89. The minimum absolute atomic E-state index is 0.0750. The van der Waals surface area contributed by atoms with Crippen molar-refractivity contribution in [2.45, 2.75) is 23.8 Å². The molecular weight excluding hydrogens is 280 g/mol. The van der Waals surface area contributed by atoms with E-state index in [0.29, 0.717) is 6.54 Å². The first-order chi connectivity index (χ1) is 9.53. The van der Waals surface area contributed by atoms with Crippen LogP contribution in [0.15, 0.2) is 29.2 Å². The van der Waals surface area contributed by atoms with Gasteiger partial charge in [-0.2, -0.15) is 0 Å². The van der Waals surface area contributed by atoms with E-state index < -0.39 is 16.0 Å². The molecule has 1 aliphatic rings. The Bertz CT molecular complexity index is 580. The van der Waals surface area contributed by atoms with Gasteiger partial charge >= 0.3 is 5.97 Å². The highest BCUT2D eigenvalue weighted by atomic mass is 32.2. The molecule has 1 aromatic carbocycles. The van der Waals surface area contributed by atoms with Crippen molar-refractivity contribution in [1.29, 1.82) is 0 Å². The van der Waals surface area contributed by atoms with E-state index in [2.05, 4.69) is 14.8 Å². The van der Waals surface area contributed by atoms with Crippen molar-refractivity contribution < 1.29 is 17.9 Å². The minimum Gasteiger partial charge on any atom is -0.465 e. The van der Waals surface area contributed by atoms with Gasteiger partial charge in [-0.15, -0.1) is 0 Å². The van der Waals surface area contributed by atoms with Gasteiger partial charge in [0.15, 0.2) is 0 Å². The average molecular weight is 298 g/mol. The van der Waals surface area contributed by atoms with E-state index in [0.717, 1.165) is 19.4 Å². The molecule has 1 aromatic rings. The van der Waals surface area contributed by atoms with Crippen LogP contribution in [0.3, 0.4) is 0 Å². The lowest BCUT2D eigenvalue weighted by molar-refractivity contribution is 0.0600. The largest absolute Gasteiger partial charge is 0.465 e. The van der Waals surface area contributed by atoms with E-state index in [1.807, 2.05) is 0 Å². The van der Waals surface area contributed by atoms with Crippen LogP contribution in [0.5, 0.6) is 0 Å². The highest BCUT2D eigenvalue weighted by Gasteiger charge is 2.22. The zero-order valence-electron chi connectivity index (χ0n) is 11.3. The summed E-state index contributed by atoms with van der Waals surface area (Å²) in [4.78, 5) is 11.5. The molecule has 0 aliphatic carbocycles. The summed E-state index contributed by atoms with van der Waals surface area (Å²) < 4.78 is 31.8. The summed E-state index contributed by atoms with van der Waals surface area (Å²) in [6.07, 6.45) is 1.75. The van der Waals surface area contributed by atoms with Gasteiger partial charge in [0.05, 0.1) is 17.6 Å². The first-order valence-electron chi connectivity index (χ1n) is 6.44. The van der Waals surface area contributed by atoms with E-state index >= 15 is 0 Å². The molecule has 1 saturated heterocycles. The van der Waals surface area contributed by atoms with Crippen molar-refractivity contribution in [2.75, 3.05) is 20.2 Å². The van der Waals surface area contributed by atoms with Gasteiger partial charge in [0.2, 0.25) is 10.0 Å². The van der Waals surface area contributed by atoms with Crippen molar-refractivity contribution in [3.05, 3.63) is 29.8 Å². The summed E-state index contributed by atoms with van der Waals surface area (Å²) in [7, 11) is -2.36. The number of benzene rings is 1. The number of piperidine rings is 1. The van der Waals surface area contributed by atoms with Crippen LogP contribution < -0.4 is 10.0 Å². The normalized spacial score (nSPS) is 19.6. The van der Waals surface area contributed by atoms with Crippen molar-refractivity contribution in [1.82, 2.24) is 10.0 Å². The number of carbonyl (C=O) groups excluding carboxylic acids is 1. The number of hydrogen-bond donors (Lipinski definition) is 2. The third-order valence-corrected chi connectivity index (χ3v) is 4.70. The molecule has 0 aromatic heterocycles. The zero-order valence-corrected chi connectivity index (χ0v) is 12.1. The molecule has 20 heavy (non-hydrogen) atoms. The summed E-state index contributed by atoms with van der Waals surface area (Å²) in [6, 6.07) is 5.72. The topological polar surface area (TPSA) is 84.5 Å². The Balaban J connectivity index is 2.18. The Hall–Kier alpha value is -1.44. The molecule has 0 spiro atoms. The predicted octanol–water partition coefficient (Wildman–Crippen LogP) is 0.504. The van der Waals surface area contributed by atoms with Gasteiger partial charge in [-0.25, -0.2) is 17.9 Å². The van der Waals surface area contributed by atoms with Crippen LogP contribution in [0.2, 0.25) is 0 Å². The Morgan fingerprint density at radius 3 is 2.90 bits per heavy atom. The van der Waals surface area contributed by atoms with Crippen LogP contribution in [0.1, 0.15) is 23.2 Å². The molecule has 2 N–H and O–H groups in total. The Labute approximate surface area is 118 Å². The third-order valence-electron chi connectivity index (χ3n) is 3.18. The second kappa shape index (κ2) is 6.34. The summed E-state index contributed by atoms with van der Waals surface area (Å²) in [5, 5.41) is 3.15. The Kier molecular flexibility index (Phi) is 4.74. The molecule has 1 fully saturated rings. The lowest BCUT2D eigenvalue weighted by Crippen LogP contribution is -2.45. The molecule has 1 heterocycles. The fourth-order valence-electron chi connectivity index (χ4n) is 2.15. The van der Waals surface area contributed by atoms with Crippen LogP contribution >= 0.6 is 0 Å². The van der Waals surface area contributed by atoms with Gasteiger partial charge in [0, 0.05) is 12.6 Å². The first-order valence-corrected chi connectivity index (χ1v) is 7.92. The summed E-state index contributed by atoms with van der Waals surface area (Å²) in [5.74, 6) is -0.554. The molecule has 0 unspecified atom stereocenters. The van der Waals surface area contributed by atoms with Gasteiger partial charge in [0.1, 0.15) is 0 Å². The van der Waals surface area contributed by atoms with E-state index in [9.17, 15) is 13.2 Å². The number of nitrogens with one attached hydrogen (secondary N) is 2. The van der Waals surface area contributed by atoms with E-state index in [1.165, 1.54) is 31.4 Å². The van der Waals surface area contributed by atoms with Crippen molar-refractivity contribution in [3.8, 4) is 0 Å². The van der Waals surface area contributed by atoms with E-state index in [1.54, 1.807) is 0 Å². The van der Waals surface area contributed by atoms with Crippen molar-refractivity contribution in [3.63, 3.8) is 0 Å². The molecule has 0 saturated carbocycles. The lowest BCUT2D eigenvalue weighted by Gasteiger charge is -2.23. The molecule has 1 aliphatic heterocycles. The van der Waals surface area contributed by atoms with Crippen molar-refractivity contribution in [2.24, 2.45) is 0 Å². The standard InChI is InChI=1S/C13H18N2O4S/c1-19-13(16)10-4-2-6-12(8-10)20(17,18)15-11-5-3-7-14-9-11/h2,4,6,8,11,14-15H,3,5,7,9H2,1H3/t11-/m0/s1. The monoisotopic (exact) mass is 298 g/mol. The Morgan fingerprint density at radius 1 is 1.45 bits per heavy atom. The van der Waals surface area contributed by atoms with Crippen molar-refractivity contribution >= 4 is 16.0 Å². The smallest absolute Gasteiger partial charge is 0.337 e. The number of sulfonamides is 1. The number of rotatable bonds is 4. The van der Waals surface area contributed by atoms with Gasteiger partial charge in [0.25, 0.3) is 0 Å². The summed E-state index contributed by atoms with van der Waals surface area (Å²) in [6.45, 7) is 1.53. The number of carbonyl (C=O) groups is 1. The molecular formula is C13H18N2O4S. The SMILES string of the molecule is COC(=O)c1cccc(S(=O)(=O)N[C@H]2CCCNC2)c1. The first kappa shape index (κ1) is 15.0. The van der Waals surface area contributed by atoms with Gasteiger partial charge < -0.3 is 10.1 Å². The molecule has 6 nitrogen and oxygen atoms in total. The van der Waals surface area contributed by atoms with E-state index in [-0.39, 0.29) is 16.5 Å². The van der Waals surface area contributed by atoms with Gasteiger partial charge in [-0.05, 0) is 37.6 Å². The van der Waals surface area contributed by atoms with Crippen LogP contribution in [-0.2, 0) is 14.8 Å². The quantitative estimate of drug-likeness (QED) is 0.791. The molecule has 2 rings (SSSR count). The maximum absolute atomic E-state index is 12.3. The fourth-order valence-corrected chi connectivity index (χ4v) is 3.46. The number of esters is 1. The molecule has 7 heteroatoms. The van der Waals surface area contributed by atoms with E-state index in [4.69, 9.17) is 0 Å². The minimum atomic E-state index is -3.62.